The molecule has 0 N–H and O–H groups in total. The summed E-state index contributed by atoms with van der Waals surface area (Å²) in [7, 11) is 0. The molecule has 0 aromatic carbocycles. The third-order valence-corrected chi connectivity index (χ3v) is 3.08. The summed E-state index contributed by atoms with van der Waals surface area (Å²) in [4.78, 5) is 4.04. The smallest absolute Gasteiger partial charge is 0.138 e. The van der Waals surface area contributed by atoms with Crippen LogP contribution in [0.1, 0.15) is 25.7 Å². The molecule has 0 spiro atoms. The summed E-state index contributed by atoms with van der Waals surface area (Å²) in [6.45, 7) is 1.67. The molecular weight excluding hydrogens is 270 g/mol. The lowest BCUT2D eigenvalue weighted by molar-refractivity contribution is 0.0981. The first-order valence-corrected chi connectivity index (χ1v) is 6.49. The zero-order valence-corrected chi connectivity index (χ0v) is 10.8. The molecule has 4 heteroatoms. The van der Waals surface area contributed by atoms with Crippen LogP contribution >= 0.6 is 15.9 Å². The van der Waals surface area contributed by atoms with E-state index in [1.807, 2.05) is 6.07 Å². The lowest BCUT2D eigenvalue weighted by atomic mass is 10.1. The zero-order valence-electron chi connectivity index (χ0n) is 9.19. The van der Waals surface area contributed by atoms with Crippen molar-refractivity contribution in [3.63, 3.8) is 0 Å². The van der Waals surface area contributed by atoms with Gasteiger partial charge in [0, 0.05) is 17.3 Å². The van der Waals surface area contributed by atoms with Crippen molar-refractivity contribution >= 4 is 15.9 Å². The fraction of sp³-hybridized carbons (Fsp3) is 0.583. The Morgan fingerprint density at radius 3 is 3.19 bits per heavy atom. The van der Waals surface area contributed by atoms with Crippen molar-refractivity contribution in [1.29, 1.82) is 0 Å². The molecule has 16 heavy (non-hydrogen) atoms. The van der Waals surface area contributed by atoms with Gasteiger partial charge in [-0.25, -0.2) is 0 Å². The lowest BCUT2D eigenvalue weighted by Crippen LogP contribution is -2.07. The molecule has 2 rings (SSSR count). The molecule has 1 saturated heterocycles. The summed E-state index contributed by atoms with van der Waals surface area (Å²) in [5, 5.41) is 0. The Kier molecular flexibility index (Phi) is 4.60. The molecule has 1 atom stereocenters. The Balaban J connectivity index is 1.64. The first-order valence-electron chi connectivity index (χ1n) is 5.69. The van der Waals surface area contributed by atoms with Crippen LogP contribution in [-0.4, -0.2) is 24.3 Å². The Morgan fingerprint density at radius 1 is 1.50 bits per heavy atom. The van der Waals surface area contributed by atoms with Gasteiger partial charge in [0.15, 0.2) is 0 Å². The van der Waals surface area contributed by atoms with Crippen LogP contribution < -0.4 is 4.74 Å². The number of aromatic nitrogens is 1. The van der Waals surface area contributed by atoms with Crippen LogP contribution in [-0.2, 0) is 4.74 Å². The van der Waals surface area contributed by atoms with Crippen LogP contribution in [0.25, 0.3) is 0 Å². The Labute approximate surface area is 104 Å². The quantitative estimate of drug-likeness (QED) is 0.779. The van der Waals surface area contributed by atoms with E-state index in [9.17, 15) is 0 Å². The minimum atomic E-state index is 0.462. The molecule has 1 fully saturated rings. The van der Waals surface area contributed by atoms with E-state index in [-0.39, 0.29) is 0 Å². The van der Waals surface area contributed by atoms with Crippen molar-refractivity contribution in [2.75, 3.05) is 13.2 Å². The number of pyridine rings is 1. The fourth-order valence-corrected chi connectivity index (χ4v) is 2.19. The zero-order chi connectivity index (χ0) is 11.2. The topological polar surface area (TPSA) is 31.4 Å². The molecule has 1 aliphatic heterocycles. The number of halogens is 1. The third kappa shape index (κ3) is 3.76. The maximum Gasteiger partial charge on any atom is 0.138 e. The second-order valence-corrected chi connectivity index (χ2v) is 4.88. The lowest BCUT2D eigenvalue weighted by Gasteiger charge is -2.09. The van der Waals surface area contributed by atoms with Crippen LogP contribution in [0.4, 0.5) is 0 Å². The van der Waals surface area contributed by atoms with Gasteiger partial charge in [-0.15, -0.1) is 0 Å². The molecule has 1 aliphatic rings. The number of hydrogen-bond acceptors (Lipinski definition) is 3. The molecule has 88 valence electrons. The molecule has 0 radical (unpaired) electrons. The highest BCUT2D eigenvalue weighted by molar-refractivity contribution is 9.10. The summed E-state index contributed by atoms with van der Waals surface area (Å²) < 4.78 is 12.1. The minimum Gasteiger partial charge on any atom is -0.492 e. The van der Waals surface area contributed by atoms with Crippen molar-refractivity contribution in [1.82, 2.24) is 4.98 Å². The van der Waals surface area contributed by atoms with Gasteiger partial charge in [-0.2, -0.15) is 0 Å². The Morgan fingerprint density at radius 2 is 2.44 bits per heavy atom. The number of nitrogens with zero attached hydrogens (tertiary/aromatic N) is 1. The molecular formula is C12H16BrNO2. The van der Waals surface area contributed by atoms with Crippen molar-refractivity contribution in [3.05, 3.63) is 22.9 Å². The van der Waals surface area contributed by atoms with Crippen molar-refractivity contribution in [2.24, 2.45) is 0 Å². The standard InChI is InChI=1S/C12H16BrNO2/c13-10-7-12(9-14-8-10)16-6-2-4-11-3-1-5-15-11/h7-9,11H,1-6H2. The summed E-state index contributed by atoms with van der Waals surface area (Å²) in [5.41, 5.74) is 0. The average Bonchev–Trinajstić information content (AvgIpc) is 2.77. The van der Waals surface area contributed by atoms with E-state index in [0.717, 1.165) is 36.3 Å². The maximum atomic E-state index is 5.60. The second-order valence-electron chi connectivity index (χ2n) is 3.96. The molecule has 1 aromatic heterocycles. The summed E-state index contributed by atoms with van der Waals surface area (Å²) in [5.74, 6) is 0.821. The van der Waals surface area contributed by atoms with E-state index >= 15 is 0 Å². The van der Waals surface area contributed by atoms with Gasteiger partial charge < -0.3 is 9.47 Å². The fourth-order valence-electron chi connectivity index (χ4n) is 1.84. The van der Waals surface area contributed by atoms with Gasteiger partial charge in [0.05, 0.1) is 18.9 Å². The van der Waals surface area contributed by atoms with Gasteiger partial charge in [0.25, 0.3) is 0 Å². The van der Waals surface area contributed by atoms with E-state index in [4.69, 9.17) is 9.47 Å². The Hall–Kier alpha value is -0.610. The summed E-state index contributed by atoms with van der Waals surface area (Å²) in [6.07, 6.45) is 8.50. The first kappa shape index (κ1) is 11.9. The van der Waals surface area contributed by atoms with Gasteiger partial charge in [-0.3, -0.25) is 4.98 Å². The van der Waals surface area contributed by atoms with Crippen molar-refractivity contribution in [3.8, 4) is 5.75 Å². The van der Waals surface area contributed by atoms with Crippen molar-refractivity contribution in [2.45, 2.75) is 31.8 Å². The van der Waals surface area contributed by atoms with E-state index in [1.54, 1.807) is 12.4 Å². The highest BCUT2D eigenvalue weighted by atomic mass is 79.9. The summed E-state index contributed by atoms with van der Waals surface area (Å²) in [6, 6.07) is 1.93. The van der Waals surface area contributed by atoms with Crippen LogP contribution in [0.3, 0.4) is 0 Å². The van der Waals surface area contributed by atoms with E-state index < -0.39 is 0 Å². The minimum absolute atomic E-state index is 0.462. The average molecular weight is 286 g/mol. The summed E-state index contributed by atoms with van der Waals surface area (Å²) >= 11 is 3.36. The van der Waals surface area contributed by atoms with Crippen LogP contribution in [0.2, 0.25) is 0 Å². The molecule has 0 aliphatic carbocycles. The largest absolute Gasteiger partial charge is 0.492 e. The normalized spacial score (nSPS) is 19.9. The molecule has 0 saturated carbocycles. The van der Waals surface area contributed by atoms with Gasteiger partial charge in [-0.1, -0.05) is 0 Å². The van der Waals surface area contributed by atoms with E-state index in [0.29, 0.717) is 6.10 Å². The highest BCUT2D eigenvalue weighted by Gasteiger charge is 2.14. The van der Waals surface area contributed by atoms with Gasteiger partial charge >= 0.3 is 0 Å². The van der Waals surface area contributed by atoms with Crippen molar-refractivity contribution < 1.29 is 9.47 Å². The van der Waals surface area contributed by atoms with Crippen LogP contribution in [0.15, 0.2) is 22.9 Å². The molecule has 2 heterocycles. The number of hydrogen-bond donors (Lipinski definition) is 0. The second kappa shape index (κ2) is 6.21. The molecule has 1 aromatic rings. The third-order valence-electron chi connectivity index (χ3n) is 2.64. The van der Waals surface area contributed by atoms with Crippen LogP contribution in [0, 0.1) is 0 Å². The predicted octanol–water partition coefficient (Wildman–Crippen LogP) is 3.18. The van der Waals surface area contributed by atoms with Gasteiger partial charge in [0.1, 0.15) is 5.75 Å². The number of ether oxygens (including phenoxy) is 2. The van der Waals surface area contributed by atoms with Gasteiger partial charge in [0.2, 0.25) is 0 Å². The molecule has 0 amide bonds. The highest BCUT2D eigenvalue weighted by Crippen LogP contribution is 2.18. The van der Waals surface area contributed by atoms with E-state index in [2.05, 4.69) is 20.9 Å². The molecule has 0 bridgehead atoms. The Bertz CT molecular complexity index is 327. The van der Waals surface area contributed by atoms with E-state index in [1.165, 1.54) is 12.8 Å². The monoisotopic (exact) mass is 285 g/mol. The van der Waals surface area contributed by atoms with Gasteiger partial charge in [-0.05, 0) is 47.7 Å². The SMILES string of the molecule is Brc1cncc(OCCCC2CCCO2)c1. The van der Waals surface area contributed by atoms with Crippen LogP contribution in [0.5, 0.6) is 5.75 Å². The number of rotatable bonds is 5. The molecule has 1 unspecified atom stereocenters. The first-order chi connectivity index (χ1) is 7.84. The molecule has 3 nitrogen and oxygen atoms in total. The predicted molar refractivity (Wildman–Crippen MR) is 65.6 cm³/mol. The maximum absolute atomic E-state index is 5.60.